The van der Waals surface area contributed by atoms with E-state index in [9.17, 15) is 0 Å². The summed E-state index contributed by atoms with van der Waals surface area (Å²) in [6, 6.07) is 0. The van der Waals surface area contributed by atoms with Gasteiger partial charge in [0, 0.05) is 0 Å². The van der Waals surface area contributed by atoms with Gasteiger partial charge in [0.05, 0.1) is 0 Å². The van der Waals surface area contributed by atoms with Gasteiger partial charge in [0.25, 0.3) is 0 Å². The van der Waals surface area contributed by atoms with Gasteiger partial charge in [0.15, 0.2) is 0 Å². The molecule has 46 valence electrons. The fourth-order valence-corrected chi connectivity index (χ4v) is 0. The smallest absolute Gasteiger partial charge is 1.00 e. The Balaban J connectivity index is -0.0000000450. The fraction of sp³-hybridized carbons (Fsp3) is 0. The monoisotopic (exact) mass is 304 g/mol. The van der Waals surface area contributed by atoms with Crippen molar-refractivity contribution in [2.45, 2.75) is 0 Å². The van der Waals surface area contributed by atoms with Gasteiger partial charge in [-0.3, -0.25) is 0 Å². The van der Waals surface area contributed by atoms with E-state index in [1.54, 1.807) is 0 Å². The molecule has 0 unspecified atom stereocenters. The molecule has 0 atom stereocenters. The fourth-order valence-electron chi connectivity index (χ4n) is 0. The Kier molecular flexibility index (Phi) is 25.4. The van der Waals surface area contributed by atoms with Crippen molar-refractivity contribution in [3.63, 3.8) is 0 Å². The summed E-state index contributed by atoms with van der Waals surface area (Å²) in [4.78, 5) is 0. The molecule has 0 aromatic rings. The molecule has 0 aromatic carbocycles. The molecule has 0 aliphatic carbocycles. The second-order valence-electron chi connectivity index (χ2n) is 0.204. The summed E-state index contributed by atoms with van der Waals surface area (Å²) in [7, 11) is 0. The van der Waals surface area contributed by atoms with Crippen LogP contribution in [0.2, 0.25) is 0 Å². The average Bonchev–Trinajstić information content (AvgIpc) is 0.811. The van der Waals surface area contributed by atoms with Crippen molar-refractivity contribution in [3.05, 3.63) is 0 Å². The van der Waals surface area contributed by atoms with Gasteiger partial charge < -0.3 is 0 Å². The molecule has 0 fully saturated rings. The largest absolute Gasteiger partial charge is 1.00 e. The molecule has 0 spiro atoms. The van der Waals surface area contributed by atoms with Gasteiger partial charge in [0.1, 0.15) is 0 Å². The van der Waals surface area contributed by atoms with Crippen LogP contribution < -0.4 is 6.94 Å². The maximum atomic E-state index is 8.59. The zero-order chi connectivity index (χ0) is 3.58. The first kappa shape index (κ1) is 15.6. The first-order valence-corrected chi connectivity index (χ1v) is 3.35. The molecule has 0 bridgehead atoms. The van der Waals surface area contributed by atoms with Gasteiger partial charge in [-0.1, -0.05) is 0 Å². The molecule has 0 saturated carbocycles. The van der Waals surface area contributed by atoms with Crippen LogP contribution in [-0.4, -0.2) is 20.4 Å². The third-order valence-corrected chi connectivity index (χ3v) is 0. The van der Waals surface area contributed by atoms with E-state index < -0.39 is 20.4 Å². The van der Waals surface area contributed by atoms with Gasteiger partial charge in [0.2, 0.25) is 0 Å². The minimum Gasteiger partial charge on any atom is 1.00 e. The first-order chi connectivity index (χ1) is 1.73. The molecule has 0 heterocycles. The summed E-state index contributed by atoms with van der Waals surface area (Å²) < 4.78 is 25.8. The van der Waals surface area contributed by atoms with Crippen LogP contribution in [0.25, 0.3) is 0 Å². The summed E-state index contributed by atoms with van der Waals surface area (Å²) in [6.45, 7) is 0. The van der Waals surface area contributed by atoms with Gasteiger partial charge >= 0.3 is 64.5 Å². The normalized spacial score (nSPS) is 5.83. The van der Waals surface area contributed by atoms with E-state index in [1.165, 1.54) is 0 Å². The molecule has 0 amide bonds. The molecule has 0 radical (unpaired) electrons. The van der Waals surface area contributed by atoms with Crippen LogP contribution in [0.4, 0.5) is 0 Å². The molecule has 0 aliphatic rings. The van der Waals surface area contributed by atoms with Crippen LogP contribution in [0.5, 0.6) is 0 Å². The van der Waals surface area contributed by atoms with Crippen molar-refractivity contribution in [3.8, 4) is 0 Å². The van der Waals surface area contributed by atoms with E-state index in [1.807, 2.05) is 0 Å². The minimum atomic E-state index is -4.11. The van der Waals surface area contributed by atoms with Crippen molar-refractivity contribution < 1.29 is 44.2 Å². The van der Waals surface area contributed by atoms with E-state index >= 15 is 0 Å². The molecule has 0 aliphatic heterocycles. The summed E-state index contributed by atoms with van der Waals surface area (Å²) in [5, 5.41) is 0. The van der Waals surface area contributed by atoms with E-state index in [0.29, 0.717) is 0 Å². The van der Waals surface area contributed by atoms with E-state index in [0.717, 1.165) is 0 Å². The third kappa shape index (κ3) is 47.9. The average molecular weight is 303 g/mol. The Labute approximate surface area is 64.2 Å². The Hall–Kier alpha value is 1.55. The predicted octanol–water partition coefficient (Wildman–Crippen LogP) is -2.88. The third-order valence-electron chi connectivity index (χ3n) is 0. The molecule has 0 N–H and O–H groups in total. The molecular weight excluding hydrogens is 303 g/mol. The van der Waals surface area contributed by atoms with Crippen molar-refractivity contribution in [2.75, 3.05) is 0 Å². The van der Waals surface area contributed by atoms with Crippen LogP contribution in [0.1, 0.15) is 0 Å². The quantitative estimate of drug-likeness (QED) is 0.452. The van der Waals surface area contributed by atoms with Crippen LogP contribution in [0.3, 0.4) is 0 Å². The van der Waals surface area contributed by atoms with Gasteiger partial charge in [-0.2, -0.15) is 0 Å². The summed E-state index contributed by atoms with van der Waals surface area (Å²) in [6.07, 6.45) is 0. The Bertz CT molecular complexity index is 31.8. The number of hydrogen-bond donors (Lipinski definition) is 0. The maximum absolute atomic E-state index is 8.59. The van der Waals surface area contributed by atoms with Crippen LogP contribution in [0, 0.1) is 0 Å². The molecule has 6 heavy (non-hydrogen) atoms. The van der Waals surface area contributed by atoms with Crippen LogP contribution in [0.15, 0.2) is 0 Å². The summed E-state index contributed by atoms with van der Waals surface area (Å²) in [5.74, 6) is 0. The molecule has 0 saturated heterocycles. The second-order valence-corrected chi connectivity index (χ2v) is 1.37. The molecule has 0 rings (SSSR count). The van der Waals surface area contributed by atoms with Crippen molar-refractivity contribution in [1.82, 2.24) is 0 Å². The minimum absolute atomic E-state index is 0. The molecule has 0 aromatic heterocycles. The molecule has 6 heteroatoms. The van der Waals surface area contributed by atoms with Gasteiger partial charge in [-0.25, -0.2) is 0 Å². The van der Waals surface area contributed by atoms with Gasteiger partial charge in [-0.05, 0) is 0 Å². The van der Waals surface area contributed by atoms with E-state index in [2.05, 4.69) is 0 Å². The number of rotatable bonds is 0. The van der Waals surface area contributed by atoms with E-state index in [-0.39, 0.29) is 34.1 Å². The second kappa shape index (κ2) is 9.74. The Morgan fingerprint density at radius 3 is 1.17 bits per heavy atom. The Morgan fingerprint density at radius 1 is 1.17 bits per heavy atom. The SMILES string of the molecule is O=[Te]([O-])[O-].[Cu+].[Cu+]. The summed E-state index contributed by atoms with van der Waals surface area (Å²) >= 11 is -4.11. The first-order valence-electron chi connectivity index (χ1n) is 0.500. The molecule has 3 nitrogen and oxygen atoms in total. The number of hydrogen-bond acceptors (Lipinski definition) is 3. The van der Waals surface area contributed by atoms with Crippen LogP contribution in [-0.2, 0) is 37.2 Å². The molecular formula is Cu2O3Te. The maximum Gasteiger partial charge on any atom is 1.00 e. The zero-order valence-corrected chi connectivity index (χ0v) is 6.45. The Morgan fingerprint density at radius 2 is 1.17 bits per heavy atom. The standard InChI is InChI=1S/2Cu.H2O3Te/c;;1-4(2)3/h;;(H2,1,2,3)/q2*+1;/p-2. The summed E-state index contributed by atoms with van der Waals surface area (Å²) in [5.41, 5.74) is 0. The predicted molar refractivity (Wildman–Crippen MR) is 6.44 cm³/mol. The topological polar surface area (TPSA) is 63.2 Å². The van der Waals surface area contributed by atoms with Gasteiger partial charge in [-0.15, -0.1) is 0 Å². The van der Waals surface area contributed by atoms with Crippen molar-refractivity contribution in [2.24, 2.45) is 0 Å². The van der Waals surface area contributed by atoms with E-state index in [4.69, 9.17) is 10.0 Å². The van der Waals surface area contributed by atoms with Crippen LogP contribution >= 0.6 is 0 Å². The van der Waals surface area contributed by atoms with Crippen molar-refractivity contribution in [1.29, 1.82) is 0 Å². The zero-order valence-electron chi connectivity index (χ0n) is 2.24. The van der Waals surface area contributed by atoms with Crippen molar-refractivity contribution >= 4 is 20.4 Å².